The number of piperidine rings is 1. The van der Waals surface area contributed by atoms with Crippen LogP contribution in [-0.4, -0.2) is 30.4 Å². The molecule has 1 saturated heterocycles. The summed E-state index contributed by atoms with van der Waals surface area (Å²) in [6.07, 6.45) is 4.31. The number of nitriles is 1. The Bertz CT molecular complexity index is 496. The first kappa shape index (κ1) is 15.5. The highest BCUT2D eigenvalue weighted by Crippen LogP contribution is 2.19. The molecule has 1 aliphatic heterocycles. The second-order valence-corrected chi connectivity index (χ2v) is 5.68. The molecule has 1 aromatic carbocycles. The maximum atomic E-state index is 11.9. The van der Waals surface area contributed by atoms with Gasteiger partial charge >= 0.3 is 0 Å². The van der Waals surface area contributed by atoms with Gasteiger partial charge in [0.15, 0.2) is 0 Å². The molecule has 112 valence electrons. The summed E-state index contributed by atoms with van der Waals surface area (Å²) in [7, 11) is 0. The van der Waals surface area contributed by atoms with Crippen LogP contribution < -0.4 is 5.32 Å². The van der Waals surface area contributed by atoms with Gasteiger partial charge in [0.1, 0.15) is 0 Å². The number of anilines is 1. The first-order chi connectivity index (χ1) is 10.2. The fourth-order valence-electron chi connectivity index (χ4n) is 2.73. The maximum absolute atomic E-state index is 11.9. The predicted octanol–water partition coefficient (Wildman–Crippen LogP) is 3.01. The van der Waals surface area contributed by atoms with Gasteiger partial charge in [-0.25, -0.2) is 0 Å². The summed E-state index contributed by atoms with van der Waals surface area (Å²) in [5, 5.41) is 11.6. The van der Waals surface area contributed by atoms with Crippen LogP contribution in [0.1, 0.15) is 38.2 Å². The predicted molar refractivity (Wildman–Crippen MR) is 83.9 cm³/mol. The lowest BCUT2D eigenvalue weighted by molar-refractivity contribution is -0.116. The van der Waals surface area contributed by atoms with Crippen LogP contribution in [0, 0.1) is 17.2 Å². The van der Waals surface area contributed by atoms with Crippen LogP contribution in [0.5, 0.6) is 0 Å². The number of carbonyl (C=O) groups is 1. The molecule has 0 spiro atoms. The van der Waals surface area contributed by atoms with Crippen LogP contribution in [0.3, 0.4) is 0 Å². The number of nitrogens with zero attached hydrogens (tertiary/aromatic N) is 2. The van der Waals surface area contributed by atoms with Gasteiger partial charge in [-0.1, -0.05) is 13.3 Å². The largest absolute Gasteiger partial charge is 0.326 e. The summed E-state index contributed by atoms with van der Waals surface area (Å²) >= 11 is 0. The van der Waals surface area contributed by atoms with Crippen molar-refractivity contribution in [1.29, 1.82) is 5.26 Å². The third-order valence-electron chi connectivity index (χ3n) is 4.24. The highest BCUT2D eigenvalue weighted by Gasteiger charge is 2.18. The van der Waals surface area contributed by atoms with E-state index in [-0.39, 0.29) is 5.91 Å². The van der Waals surface area contributed by atoms with Crippen LogP contribution >= 0.6 is 0 Å². The Kier molecular flexibility index (Phi) is 5.77. The molecule has 1 amide bonds. The van der Waals surface area contributed by atoms with Crippen molar-refractivity contribution >= 4 is 11.6 Å². The molecule has 0 saturated carbocycles. The van der Waals surface area contributed by atoms with E-state index in [2.05, 4.69) is 23.2 Å². The number of benzene rings is 1. The van der Waals surface area contributed by atoms with Crippen LogP contribution in [0.4, 0.5) is 5.69 Å². The topological polar surface area (TPSA) is 56.1 Å². The molecule has 1 fully saturated rings. The third kappa shape index (κ3) is 4.87. The second-order valence-electron chi connectivity index (χ2n) is 5.68. The van der Waals surface area contributed by atoms with E-state index >= 15 is 0 Å². The second kappa shape index (κ2) is 7.80. The van der Waals surface area contributed by atoms with Crippen molar-refractivity contribution in [3.63, 3.8) is 0 Å². The molecule has 1 aliphatic rings. The number of carbonyl (C=O) groups excluding carboxylic acids is 1. The Balaban J connectivity index is 1.71. The summed E-state index contributed by atoms with van der Waals surface area (Å²) in [5.41, 5.74) is 1.36. The Morgan fingerprint density at radius 1 is 1.33 bits per heavy atom. The lowest BCUT2D eigenvalue weighted by atomic mass is 9.94. The summed E-state index contributed by atoms with van der Waals surface area (Å²) in [6, 6.07) is 9.03. The van der Waals surface area contributed by atoms with Gasteiger partial charge in [0.25, 0.3) is 0 Å². The van der Waals surface area contributed by atoms with Crippen molar-refractivity contribution in [2.24, 2.45) is 5.92 Å². The molecule has 4 nitrogen and oxygen atoms in total. The summed E-state index contributed by atoms with van der Waals surface area (Å²) in [6.45, 7) is 5.31. The number of nitrogens with one attached hydrogen (secondary N) is 1. The molecule has 0 aliphatic carbocycles. The Hall–Kier alpha value is -1.86. The van der Waals surface area contributed by atoms with E-state index in [1.807, 2.05) is 0 Å². The molecule has 1 aromatic rings. The molecule has 4 heteroatoms. The molecule has 21 heavy (non-hydrogen) atoms. The summed E-state index contributed by atoms with van der Waals surface area (Å²) in [4.78, 5) is 14.3. The van der Waals surface area contributed by atoms with Gasteiger partial charge in [-0.05, 0) is 56.1 Å². The summed E-state index contributed by atoms with van der Waals surface area (Å²) in [5.74, 6) is 0.908. The first-order valence-corrected chi connectivity index (χ1v) is 7.73. The smallest absolute Gasteiger partial charge is 0.225 e. The average Bonchev–Trinajstić information content (AvgIpc) is 2.54. The van der Waals surface area contributed by atoms with E-state index in [1.54, 1.807) is 24.3 Å². The lowest BCUT2D eigenvalue weighted by Gasteiger charge is -2.31. The number of hydrogen-bond donors (Lipinski definition) is 1. The van der Waals surface area contributed by atoms with E-state index in [4.69, 9.17) is 5.26 Å². The SMILES string of the molecule is CCC1CCN(CCC(=O)Nc2ccc(C#N)cc2)CC1. The molecule has 0 aromatic heterocycles. The van der Waals surface area contributed by atoms with Crippen molar-refractivity contribution in [1.82, 2.24) is 4.90 Å². The quantitative estimate of drug-likeness (QED) is 0.904. The van der Waals surface area contributed by atoms with Crippen molar-refractivity contribution in [3.8, 4) is 6.07 Å². The van der Waals surface area contributed by atoms with Gasteiger partial charge in [-0.15, -0.1) is 0 Å². The minimum absolute atomic E-state index is 0.0392. The van der Waals surface area contributed by atoms with E-state index < -0.39 is 0 Å². The Labute approximate surface area is 126 Å². The van der Waals surface area contributed by atoms with Crippen molar-refractivity contribution < 1.29 is 4.79 Å². The molecule has 0 atom stereocenters. The molecule has 1 heterocycles. The van der Waals surface area contributed by atoms with Gasteiger partial charge < -0.3 is 10.2 Å². The number of likely N-dealkylation sites (tertiary alicyclic amines) is 1. The van der Waals surface area contributed by atoms with Crippen LogP contribution in [-0.2, 0) is 4.79 Å². The van der Waals surface area contributed by atoms with Crippen molar-refractivity contribution in [2.75, 3.05) is 25.0 Å². The monoisotopic (exact) mass is 285 g/mol. The minimum atomic E-state index is 0.0392. The number of amides is 1. The van der Waals surface area contributed by atoms with E-state index in [1.165, 1.54) is 19.3 Å². The zero-order valence-corrected chi connectivity index (χ0v) is 12.6. The van der Waals surface area contributed by atoms with Crippen molar-refractivity contribution in [2.45, 2.75) is 32.6 Å². The van der Waals surface area contributed by atoms with Crippen LogP contribution in [0.25, 0.3) is 0 Å². The number of hydrogen-bond acceptors (Lipinski definition) is 3. The van der Waals surface area contributed by atoms with E-state index in [9.17, 15) is 4.79 Å². The zero-order chi connectivity index (χ0) is 15.1. The summed E-state index contributed by atoms with van der Waals surface area (Å²) < 4.78 is 0. The minimum Gasteiger partial charge on any atom is -0.326 e. The molecule has 2 rings (SSSR count). The zero-order valence-electron chi connectivity index (χ0n) is 12.6. The van der Waals surface area contributed by atoms with Gasteiger partial charge in [-0.2, -0.15) is 5.26 Å². The molecular weight excluding hydrogens is 262 g/mol. The molecular formula is C17H23N3O. The van der Waals surface area contributed by atoms with E-state index in [0.29, 0.717) is 12.0 Å². The fraction of sp³-hybridized carbons (Fsp3) is 0.529. The standard InChI is InChI=1S/C17H23N3O/c1-2-14-7-10-20(11-8-14)12-9-17(21)19-16-5-3-15(13-18)4-6-16/h3-6,14H,2,7-12H2,1H3,(H,19,21). The third-order valence-corrected chi connectivity index (χ3v) is 4.24. The fourth-order valence-corrected chi connectivity index (χ4v) is 2.73. The van der Waals surface area contributed by atoms with Gasteiger partial charge in [-0.3, -0.25) is 4.79 Å². The van der Waals surface area contributed by atoms with Crippen LogP contribution in [0.2, 0.25) is 0 Å². The van der Waals surface area contributed by atoms with E-state index in [0.717, 1.165) is 31.2 Å². The average molecular weight is 285 g/mol. The molecule has 1 N–H and O–H groups in total. The highest BCUT2D eigenvalue weighted by molar-refractivity contribution is 5.90. The number of rotatable bonds is 5. The van der Waals surface area contributed by atoms with Crippen LogP contribution in [0.15, 0.2) is 24.3 Å². The van der Waals surface area contributed by atoms with Gasteiger partial charge in [0.05, 0.1) is 11.6 Å². The van der Waals surface area contributed by atoms with Gasteiger partial charge in [0, 0.05) is 18.7 Å². The Morgan fingerprint density at radius 3 is 2.57 bits per heavy atom. The maximum Gasteiger partial charge on any atom is 0.225 e. The van der Waals surface area contributed by atoms with Gasteiger partial charge in [0.2, 0.25) is 5.91 Å². The normalized spacial score (nSPS) is 16.4. The lowest BCUT2D eigenvalue weighted by Crippen LogP contribution is -2.35. The first-order valence-electron chi connectivity index (χ1n) is 7.73. The van der Waals surface area contributed by atoms with Crippen molar-refractivity contribution in [3.05, 3.63) is 29.8 Å². The Morgan fingerprint density at radius 2 is 2.00 bits per heavy atom. The highest BCUT2D eigenvalue weighted by atomic mass is 16.1. The molecule has 0 unspecified atom stereocenters. The molecule has 0 radical (unpaired) electrons. The molecule has 0 bridgehead atoms.